The number of alkyl halides is 3. The number of ether oxygens (including phenoxy) is 6. The zero-order valence-corrected chi connectivity index (χ0v) is 36.0. The molecule has 0 aromatic heterocycles. The Morgan fingerprint density at radius 1 is 0.797 bits per heavy atom. The standard InChI is InChI=1S/C46H59F3N4O11/c1-3-4-5-6-7-8-9-13-22-36(55)53-37-34(25-54)59-26-33(52-44(57)50-32-21-15-19-30(24-32)46(47,48)49)39(37)62-43-41(64-45(58)51-31-20-14-16-28(2)23-31)38(56)40-35(61-43)27-60-42(63-40)29-17-11-10-12-18-29/h10-12,14-21,23-24,33-35,37-43,54,56H,3-9,13,22,25-27H2,1-2H3,(H,51,58)(H,53,55)(H2,50,52,57)/t33?,34?,35?,37-,38-,39+,40-,41?,42?,43+/m0/s1. The van der Waals surface area contributed by atoms with Crippen molar-refractivity contribution in [1.29, 1.82) is 0 Å². The van der Waals surface area contributed by atoms with Gasteiger partial charge >= 0.3 is 18.3 Å². The van der Waals surface area contributed by atoms with Crippen molar-refractivity contribution in [3.05, 3.63) is 95.6 Å². The Morgan fingerprint density at radius 2 is 1.50 bits per heavy atom. The van der Waals surface area contributed by atoms with E-state index in [1.807, 2.05) is 19.1 Å². The van der Waals surface area contributed by atoms with Gasteiger partial charge < -0.3 is 54.6 Å². The fourth-order valence-corrected chi connectivity index (χ4v) is 8.05. The quantitative estimate of drug-likeness (QED) is 0.0713. The van der Waals surface area contributed by atoms with Crippen molar-refractivity contribution >= 4 is 29.4 Å². The van der Waals surface area contributed by atoms with Gasteiger partial charge in [-0.05, 0) is 49.2 Å². The minimum absolute atomic E-state index is 0.0871. The van der Waals surface area contributed by atoms with Crippen molar-refractivity contribution in [1.82, 2.24) is 10.6 Å². The first-order valence-electron chi connectivity index (χ1n) is 21.9. The van der Waals surface area contributed by atoms with Gasteiger partial charge in [-0.15, -0.1) is 0 Å². The molecule has 350 valence electrons. The van der Waals surface area contributed by atoms with E-state index in [0.29, 0.717) is 17.7 Å². The molecular formula is C46H59F3N4O11. The molecule has 3 aromatic carbocycles. The van der Waals surface area contributed by atoms with Crippen molar-refractivity contribution in [2.75, 3.05) is 30.5 Å². The molecule has 64 heavy (non-hydrogen) atoms. The van der Waals surface area contributed by atoms with Crippen LogP contribution in [0, 0.1) is 6.92 Å². The summed E-state index contributed by atoms with van der Waals surface area (Å²) in [5.74, 6) is -0.392. The monoisotopic (exact) mass is 900 g/mol. The number of hydrogen-bond donors (Lipinski definition) is 6. The average molecular weight is 901 g/mol. The molecule has 3 aliphatic rings. The second-order valence-electron chi connectivity index (χ2n) is 16.3. The molecule has 3 saturated heterocycles. The van der Waals surface area contributed by atoms with Crippen LogP contribution in [0.25, 0.3) is 0 Å². The van der Waals surface area contributed by atoms with Crippen LogP contribution in [0.2, 0.25) is 0 Å². The van der Waals surface area contributed by atoms with E-state index < -0.39 is 97.7 Å². The number of anilines is 2. The third-order valence-electron chi connectivity index (χ3n) is 11.4. The highest BCUT2D eigenvalue weighted by molar-refractivity contribution is 5.89. The summed E-state index contributed by atoms with van der Waals surface area (Å²) < 4.78 is 77.5. The molecule has 15 nitrogen and oxygen atoms in total. The van der Waals surface area contributed by atoms with Crippen LogP contribution in [-0.2, 0) is 39.4 Å². The highest BCUT2D eigenvalue weighted by Gasteiger charge is 2.54. The third kappa shape index (κ3) is 13.6. The molecule has 6 N–H and O–H groups in total. The maximum Gasteiger partial charge on any atom is 0.416 e. The number of nitrogens with one attached hydrogen (secondary N) is 4. The highest BCUT2D eigenvalue weighted by atomic mass is 19.4. The predicted molar refractivity (Wildman–Crippen MR) is 228 cm³/mol. The summed E-state index contributed by atoms with van der Waals surface area (Å²) in [7, 11) is 0. The maximum atomic E-state index is 13.6. The van der Waals surface area contributed by atoms with Crippen LogP contribution >= 0.6 is 0 Å². The Bertz CT molecular complexity index is 1960. The summed E-state index contributed by atoms with van der Waals surface area (Å²) in [6.07, 6.45) is -7.61. The van der Waals surface area contributed by atoms with E-state index in [0.717, 1.165) is 62.3 Å². The van der Waals surface area contributed by atoms with Crippen LogP contribution < -0.4 is 21.3 Å². The van der Waals surface area contributed by atoms with E-state index in [1.54, 1.807) is 42.5 Å². The number of rotatable bonds is 18. The van der Waals surface area contributed by atoms with Crippen molar-refractivity contribution in [3.63, 3.8) is 0 Å². The number of amides is 4. The lowest BCUT2D eigenvalue weighted by Gasteiger charge is -2.49. The fraction of sp³-hybridized carbons (Fsp3) is 0.543. The van der Waals surface area contributed by atoms with Gasteiger partial charge in [0.1, 0.15) is 30.5 Å². The molecule has 0 bridgehead atoms. The van der Waals surface area contributed by atoms with E-state index in [9.17, 15) is 37.8 Å². The Hall–Kier alpha value is -4.82. The van der Waals surface area contributed by atoms with E-state index in [4.69, 9.17) is 28.4 Å². The number of unbranched alkanes of at least 4 members (excludes halogenated alkanes) is 7. The van der Waals surface area contributed by atoms with E-state index in [2.05, 4.69) is 28.2 Å². The fourth-order valence-electron chi connectivity index (χ4n) is 8.05. The smallest absolute Gasteiger partial charge is 0.416 e. The van der Waals surface area contributed by atoms with E-state index in [-0.39, 0.29) is 25.3 Å². The number of carbonyl (C=O) groups is 3. The largest absolute Gasteiger partial charge is 0.438 e. The van der Waals surface area contributed by atoms with Gasteiger partial charge in [-0.25, -0.2) is 9.59 Å². The third-order valence-corrected chi connectivity index (χ3v) is 11.4. The number of benzene rings is 3. The van der Waals surface area contributed by atoms with Crippen molar-refractivity contribution < 1.29 is 66.2 Å². The normalized spacial score (nSPS) is 26.9. The molecular weight excluding hydrogens is 842 g/mol. The molecule has 3 heterocycles. The Kier molecular flexibility index (Phi) is 17.8. The molecule has 3 fully saturated rings. The first-order chi connectivity index (χ1) is 30.8. The van der Waals surface area contributed by atoms with Gasteiger partial charge in [0, 0.05) is 23.4 Å². The van der Waals surface area contributed by atoms with Gasteiger partial charge in [0.2, 0.25) is 5.91 Å². The number of aryl methyl sites for hydroxylation is 1. The van der Waals surface area contributed by atoms with Crippen LogP contribution in [-0.4, -0.2) is 103 Å². The van der Waals surface area contributed by atoms with Gasteiger partial charge in [0.05, 0.1) is 37.5 Å². The maximum absolute atomic E-state index is 13.6. The average Bonchev–Trinajstić information content (AvgIpc) is 3.27. The molecule has 0 spiro atoms. The summed E-state index contributed by atoms with van der Waals surface area (Å²) in [4.78, 5) is 40.6. The van der Waals surface area contributed by atoms with Crippen LogP contribution in [0.1, 0.15) is 87.7 Å². The molecule has 0 saturated carbocycles. The van der Waals surface area contributed by atoms with Crippen molar-refractivity contribution in [3.8, 4) is 0 Å². The molecule has 18 heteroatoms. The Labute approximate surface area is 370 Å². The molecule has 10 atom stereocenters. The van der Waals surface area contributed by atoms with Crippen LogP contribution in [0.3, 0.4) is 0 Å². The number of aliphatic hydroxyl groups is 2. The van der Waals surface area contributed by atoms with Gasteiger partial charge in [0.15, 0.2) is 18.7 Å². The first-order valence-corrected chi connectivity index (χ1v) is 21.9. The van der Waals surface area contributed by atoms with Gasteiger partial charge in [-0.3, -0.25) is 10.1 Å². The molecule has 4 amide bonds. The van der Waals surface area contributed by atoms with E-state index >= 15 is 0 Å². The summed E-state index contributed by atoms with van der Waals surface area (Å²) in [6.45, 7) is 3.01. The Balaban J connectivity index is 1.25. The van der Waals surface area contributed by atoms with Gasteiger partial charge in [0.25, 0.3) is 0 Å². The molecule has 0 radical (unpaired) electrons. The van der Waals surface area contributed by atoms with Crippen LogP contribution in [0.5, 0.6) is 0 Å². The number of aliphatic hydroxyl groups excluding tert-OH is 2. The zero-order valence-electron chi connectivity index (χ0n) is 36.0. The predicted octanol–water partition coefficient (Wildman–Crippen LogP) is 7.11. The lowest BCUT2D eigenvalue weighted by atomic mass is 9.93. The molecule has 3 aliphatic heterocycles. The second-order valence-corrected chi connectivity index (χ2v) is 16.3. The van der Waals surface area contributed by atoms with Gasteiger partial charge in [-0.1, -0.05) is 100 Å². The summed E-state index contributed by atoms with van der Waals surface area (Å²) in [5, 5.41) is 33.2. The first kappa shape index (κ1) is 48.6. The minimum Gasteiger partial charge on any atom is -0.438 e. The summed E-state index contributed by atoms with van der Waals surface area (Å²) in [5.41, 5.74) is 0.792. The summed E-state index contributed by atoms with van der Waals surface area (Å²) >= 11 is 0. The topological polar surface area (TPSA) is 195 Å². The molecule has 6 rings (SSSR count). The lowest BCUT2D eigenvalue weighted by Crippen LogP contribution is -2.69. The van der Waals surface area contributed by atoms with E-state index in [1.165, 1.54) is 12.5 Å². The number of urea groups is 1. The lowest BCUT2D eigenvalue weighted by molar-refractivity contribution is -0.369. The molecule has 3 aromatic rings. The van der Waals surface area contributed by atoms with Crippen molar-refractivity contribution in [2.24, 2.45) is 0 Å². The number of hydrogen-bond acceptors (Lipinski definition) is 11. The number of fused-ring (bicyclic) bond motifs is 1. The summed E-state index contributed by atoms with van der Waals surface area (Å²) in [6, 6.07) is 16.7. The van der Waals surface area contributed by atoms with Crippen molar-refractivity contribution in [2.45, 2.75) is 139 Å². The SMILES string of the molecule is CCCCCCCCCCC(=O)N[C@H]1C(CO)OCC(NC(=O)Nc2cccc(C(F)(F)F)c2)[C@H]1O[C@H]1OC2COC(c3ccccc3)O[C@@H]2[C@H](O)C1OC(=O)Nc1cccc(C)c1. The van der Waals surface area contributed by atoms with Gasteiger partial charge in [-0.2, -0.15) is 13.2 Å². The highest BCUT2D eigenvalue weighted by Crippen LogP contribution is 2.37. The van der Waals surface area contributed by atoms with Crippen LogP contribution in [0.15, 0.2) is 78.9 Å². The zero-order chi connectivity index (χ0) is 45.6. The minimum atomic E-state index is -4.67. The number of halogens is 3. The van der Waals surface area contributed by atoms with Crippen LogP contribution in [0.4, 0.5) is 34.1 Å². The molecule has 5 unspecified atom stereocenters. The second kappa shape index (κ2) is 23.4. The number of carbonyl (C=O) groups excluding carboxylic acids is 3. The molecule has 0 aliphatic carbocycles. The Morgan fingerprint density at radius 3 is 2.20 bits per heavy atom.